The van der Waals surface area contributed by atoms with Crippen LogP contribution in [0.3, 0.4) is 0 Å². The highest BCUT2D eigenvalue weighted by atomic mass is 79.9. The van der Waals surface area contributed by atoms with Crippen LogP contribution >= 0.6 is 15.9 Å². The zero-order valence-electron chi connectivity index (χ0n) is 7.79. The number of carbonyl (C=O) groups is 1. The van der Waals surface area contributed by atoms with E-state index < -0.39 is 0 Å². The van der Waals surface area contributed by atoms with Crippen molar-refractivity contribution >= 4 is 21.9 Å². The number of rotatable bonds is 3. The molecule has 0 aromatic heterocycles. The van der Waals surface area contributed by atoms with E-state index in [9.17, 15) is 9.90 Å². The molecule has 0 fully saturated rings. The van der Waals surface area contributed by atoms with Gasteiger partial charge in [-0.15, -0.1) is 0 Å². The van der Waals surface area contributed by atoms with Gasteiger partial charge in [-0.1, -0.05) is 28.9 Å². The second-order valence-electron chi connectivity index (χ2n) is 2.76. The van der Waals surface area contributed by atoms with Crippen LogP contribution in [-0.4, -0.2) is 11.1 Å². The summed E-state index contributed by atoms with van der Waals surface area (Å²) in [7, 11) is 0. The first kappa shape index (κ1) is 11.0. The second kappa shape index (κ2) is 5.00. The van der Waals surface area contributed by atoms with Gasteiger partial charge >= 0.3 is 5.97 Å². The number of ether oxygens (including phenoxy) is 1. The van der Waals surface area contributed by atoms with Crippen molar-refractivity contribution in [3.05, 3.63) is 23.8 Å². The summed E-state index contributed by atoms with van der Waals surface area (Å²) in [6.45, 7) is 1.70. The summed E-state index contributed by atoms with van der Waals surface area (Å²) in [6, 6.07) is 4.93. The molecule has 0 unspecified atom stereocenters. The summed E-state index contributed by atoms with van der Waals surface area (Å²) in [5.74, 6) is -0.155. The van der Waals surface area contributed by atoms with Gasteiger partial charge in [-0.25, -0.2) is 0 Å². The van der Waals surface area contributed by atoms with Crippen LogP contribution in [0.4, 0.5) is 0 Å². The van der Waals surface area contributed by atoms with E-state index in [1.807, 2.05) is 0 Å². The maximum atomic E-state index is 10.9. The van der Waals surface area contributed by atoms with Crippen LogP contribution in [0.25, 0.3) is 0 Å². The molecular weight excluding hydrogens is 248 g/mol. The molecule has 0 aliphatic carbocycles. The van der Waals surface area contributed by atoms with E-state index in [2.05, 4.69) is 15.9 Å². The number of esters is 1. The van der Waals surface area contributed by atoms with Crippen molar-refractivity contribution in [1.29, 1.82) is 0 Å². The minimum absolute atomic E-state index is 0.0104. The zero-order chi connectivity index (χ0) is 10.6. The lowest BCUT2D eigenvalue weighted by Gasteiger charge is -2.05. The third-order valence-corrected chi connectivity index (χ3v) is 2.34. The van der Waals surface area contributed by atoms with E-state index in [0.29, 0.717) is 11.8 Å². The van der Waals surface area contributed by atoms with Crippen LogP contribution in [0.15, 0.2) is 18.2 Å². The van der Waals surface area contributed by atoms with Gasteiger partial charge in [0.2, 0.25) is 0 Å². The van der Waals surface area contributed by atoms with E-state index in [-0.39, 0.29) is 17.5 Å². The third kappa shape index (κ3) is 2.73. The summed E-state index contributed by atoms with van der Waals surface area (Å²) in [5, 5.41) is 10.1. The van der Waals surface area contributed by atoms with E-state index in [1.54, 1.807) is 25.1 Å². The molecule has 0 atom stereocenters. The Morgan fingerprint density at radius 3 is 2.79 bits per heavy atom. The van der Waals surface area contributed by atoms with Gasteiger partial charge in [0.1, 0.15) is 0 Å². The number of alkyl halides is 1. The van der Waals surface area contributed by atoms with Crippen molar-refractivity contribution in [1.82, 2.24) is 0 Å². The number of carbonyl (C=O) groups excluding carboxylic acids is 1. The number of phenols is 1. The number of benzene rings is 1. The molecule has 3 nitrogen and oxygen atoms in total. The third-order valence-electron chi connectivity index (χ3n) is 1.69. The summed E-state index contributed by atoms with van der Waals surface area (Å²) >= 11 is 3.26. The molecule has 14 heavy (non-hydrogen) atoms. The molecule has 1 aromatic rings. The molecule has 0 amide bonds. The Labute approximate surface area is 90.8 Å². The minimum Gasteiger partial charge on any atom is -0.504 e. The molecule has 1 N–H and O–H groups in total. The largest absolute Gasteiger partial charge is 0.504 e. The maximum Gasteiger partial charge on any atom is 0.311 e. The highest BCUT2D eigenvalue weighted by Gasteiger charge is 2.07. The molecular formula is C10H11BrO3. The predicted octanol–water partition coefficient (Wildman–Crippen LogP) is 2.60. The van der Waals surface area contributed by atoms with Crippen molar-refractivity contribution in [2.75, 3.05) is 0 Å². The molecule has 0 saturated carbocycles. The Balaban J connectivity index is 2.83. The predicted molar refractivity (Wildman–Crippen MR) is 56.7 cm³/mol. The van der Waals surface area contributed by atoms with Crippen LogP contribution in [0.1, 0.15) is 18.9 Å². The second-order valence-corrected chi connectivity index (χ2v) is 3.32. The fourth-order valence-corrected chi connectivity index (χ4v) is 1.28. The van der Waals surface area contributed by atoms with Gasteiger partial charge in [0.15, 0.2) is 11.5 Å². The highest BCUT2D eigenvalue weighted by Crippen LogP contribution is 2.27. The normalized spacial score (nSPS) is 9.86. The molecule has 0 bridgehead atoms. The fourth-order valence-electron chi connectivity index (χ4n) is 0.927. The van der Waals surface area contributed by atoms with Crippen molar-refractivity contribution in [2.24, 2.45) is 0 Å². The Hall–Kier alpha value is -1.03. The van der Waals surface area contributed by atoms with E-state index in [1.165, 1.54) is 0 Å². The van der Waals surface area contributed by atoms with Crippen LogP contribution < -0.4 is 4.74 Å². The van der Waals surface area contributed by atoms with Gasteiger partial charge in [-0.2, -0.15) is 0 Å². The topological polar surface area (TPSA) is 46.5 Å². The van der Waals surface area contributed by atoms with Crippen LogP contribution in [0, 0.1) is 0 Å². The van der Waals surface area contributed by atoms with Crippen molar-refractivity contribution in [3.63, 3.8) is 0 Å². The molecule has 76 valence electrons. The van der Waals surface area contributed by atoms with Gasteiger partial charge in [0.25, 0.3) is 0 Å². The first-order valence-electron chi connectivity index (χ1n) is 4.26. The Bertz CT molecular complexity index is 336. The molecule has 1 rings (SSSR count). The quantitative estimate of drug-likeness (QED) is 0.515. The molecule has 0 aliphatic rings. The summed E-state index contributed by atoms with van der Waals surface area (Å²) in [6.07, 6.45) is 0.291. The number of aromatic hydroxyl groups is 1. The number of hydrogen-bond acceptors (Lipinski definition) is 3. The monoisotopic (exact) mass is 258 g/mol. The molecule has 0 spiro atoms. The maximum absolute atomic E-state index is 10.9. The number of halogens is 1. The van der Waals surface area contributed by atoms with Gasteiger partial charge in [0, 0.05) is 11.8 Å². The minimum atomic E-state index is -0.355. The molecule has 0 radical (unpaired) electrons. The Morgan fingerprint density at radius 2 is 2.29 bits per heavy atom. The Morgan fingerprint density at radius 1 is 1.57 bits per heavy atom. The molecule has 0 aliphatic heterocycles. The lowest BCUT2D eigenvalue weighted by molar-refractivity contribution is -0.134. The lowest BCUT2D eigenvalue weighted by atomic mass is 10.2. The van der Waals surface area contributed by atoms with Crippen LogP contribution in [0.5, 0.6) is 11.5 Å². The number of hydrogen-bond donors (Lipinski definition) is 1. The first-order valence-corrected chi connectivity index (χ1v) is 5.38. The van der Waals surface area contributed by atoms with E-state index >= 15 is 0 Å². The van der Waals surface area contributed by atoms with Crippen LogP contribution in [0.2, 0.25) is 0 Å². The number of phenolic OH excluding ortho intramolecular Hbond substituents is 1. The van der Waals surface area contributed by atoms with E-state index in [0.717, 1.165) is 5.56 Å². The Kier molecular flexibility index (Phi) is 3.95. The zero-order valence-corrected chi connectivity index (χ0v) is 9.37. The van der Waals surface area contributed by atoms with Gasteiger partial charge in [-0.05, 0) is 17.7 Å². The van der Waals surface area contributed by atoms with Crippen LogP contribution in [-0.2, 0) is 10.1 Å². The molecule has 0 saturated heterocycles. The van der Waals surface area contributed by atoms with Crippen molar-refractivity contribution in [2.45, 2.75) is 18.7 Å². The average molecular weight is 259 g/mol. The lowest BCUT2D eigenvalue weighted by Crippen LogP contribution is -2.05. The molecule has 4 heteroatoms. The van der Waals surface area contributed by atoms with Crippen molar-refractivity contribution in [3.8, 4) is 11.5 Å². The van der Waals surface area contributed by atoms with Gasteiger partial charge < -0.3 is 9.84 Å². The molecule has 0 heterocycles. The molecule has 1 aromatic carbocycles. The van der Waals surface area contributed by atoms with Gasteiger partial charge in [-0.3, -0.25) is 4.79 Å². The fraction of sp³-hybridized carbons (Fsp3) is 0.300. The van der Waals surface area contributed by atoms with Crippen molar-refractivity contribution < 1.29 is 14.6 Å². The summed E-state index contributed by atoms with van der Waals surface area (Å²) in [5.41, 5.74) is 0.929. The van der Waals surface area contributed by atoms with Gasteiger partial charge in [0.05, 0.1) is 0 Å². The standard InChI is InChI=1S/C10H11BrO3/c1-2-10(13)14-9-4-3-7(6-11)5-8(9)12/h3-5,12H,2,6H2,1H3. The summed E-state index contributed by atoms with van der Waals surface area (Å²) < 4.78 is 4.89. The van der Waals surface area contributed by atoms with E-state index in [4.69, 9.17) is 4.74 Å². The smallest absolute Gasteiger partial charge is 0.311 e. The first-order chi connectivity index (χ1) is 6.67. The average Bonchev–Trinajstić information content (AvgIpc) is 2.20. The highest BCUT2D eigenvalue weighted by molar-refractivity contribution is 9.08. The SMILES string of the molecule is CCC(=O)Oc1ccc(CBr)cc1O. The summed E-state index contributed by atoms with van der Waals surface area (Å²) in [4.78, 5) is 10.9.